The number of hydroxylamine groups is 1. The van der Waals surface area contributed by atoms with Crippen molar-refractivity contribution in [3.8, 4) is 22.4 Å². The molecule has 38 heavy (non-hydrogen) atoms. The summed E-state index contributed by atoms with van der Waals surface area (Å²) in [6, 6.07) is 11.9. The Bertz CT molecular complexity index is 1250. The number of halogens is 4. The normalized spacial score (nSPS) is 14.5. The van der Waals surface area contributed by atoms with Gasteiger partial charge in [0.1, 0.15) is 11.6 Å². The van der Waals surface area contributed by atoms with Crippen molar-refractivity contribution in [2.24, 2.45) is 5.92 Å². The van der Waals surface area contributed by atoms with Crippen LogP contribution in [-0.4, -0.2) is 43.2 Å². The topological polar surface area (TPSA) is 85.8 Å². The minimum absolute atomic E-state index is 0.0393. The zero-order valence-electron chi connectivity index (χ0n) is 20.4. The third-order valence-electron chi connectivity index (χ3n) is 5.97. The molecule has 0 atom stereocenters. The maximum absolute atomic E-state index is 14.0. The van der Waals surface area contributed by atoms with Crippen molar-refractivity contribution in [3.63, 3.8) is 0 Å². The van der Waals surface area contributed by atoms with E-state index in [2.05, 4.69) is 20.3 Å². The van der Waals surface area contributed by atoms with Crippen LogP contribution >= 0.6 is 12.0 Å². The lowest BCUT2D eigenvalue weighted by Gasteiger charge is -2.34. The third-order valence-corrected chi connectivity index (χ3v) is 6.64. The molecule has 1 saturated heterocycles. The maximum Gasteiger partial charge on any atom is 0.451 e. The second-order valence-corrected chi connectivity index (χ2v) is 9.15. The van der Waals surface area contributed by atoms with Gasteiger partial charge in [0.25, 0.3) is 0 Å². The summed E-state index contributed by atoms with van der Waals surface area (Å²) >= 11 is 0.939. The molecule has 2 aromatic carbocycles. The number of nitrogens with one attached hydrogen (secondary N) is 1. The molecule has 1 amide bonds. The summed E-state index contributed by atoms with van der Waals surface area (Å²) in [5.74, 6) is -2.38. The van der Waals surface area contributed by atoms with E-state index in [1.807, 2.05) is 0 Å². The quantitative estimate of drug-likeness (QED) is 0.171. The number of carbonyl (C=O) groups excluding carboxylic acids is 1. The Balaban J connectivity index is 1.83. The van der Waals surface area contributed by atoms with Gasteiger partial charge in [0.15, 0.2) is 0 Å². The molecule has 8 nitrogen and oxygen atoms in total. The molecule has 3 aromatic rings. The van der Waals surface area contributed by atoms with Gasteiger partial charge in [0.2, 0.25) is 11.7 Å². The fraction of sp³-hybridized carbons (Fsp3) is 0.320. The Hall–Kier alpha value is -3.26. The van der Waals surface area contributed by atoms with E-state index in [0.29, 0.717) is 34.4 Å². The lowest BCUT2D eigenvalue weighted by molar-refractivity contribution is -0.160. The first kappa shape index (κ1) is 27.8. The average Bonchev–Trinajstić information content (AvgIpc) is 2.92. The zero-order chi connectivity index (χ0) is 27.3. The summed E-state index contributed by atoms with van der Waals surface area (Å²) in [7, 11) is 2.68. The SMILES string of the molecule is CONC(=O)C1CCN(c2nc(C(F)(F)F)nc(-c3ccc(SOOC)cc3)c2-c2ccc(F)cc2)CC1. The number of hydrogen-bond acceptors (Lipinski definition) is 8. The van der Waals surface area contributed by atoms with Crippen LogP contribution in [0.3, 0.4) is 0 Å². The number of aromatic nitrogens is 2. The van der Waals surface area contributed by atoms with Crippen molar-refractivity contribution in [2.75, 3.05) is 32.2 Å². The highest BCUT2D eigenvalue weighted by atomic mass is 32.2. The van der Waals surface area contributed by atoms with Crippen molar-refractivity contribution < 1.29 is 36.4 Å². The molecule has 0 spiro atoms. The Labute approximate surface area is 220 Å². The first-order valence-corrected chi connectivity index (χ1v) is 12.3. The molecule has 0 aliphatic carbocycles. The van der Waals surface area contributed by atoms with Gasteiger partial charge in [-0.15, -0.1) is 0 Å². The van der Waals surface area contributed by atoms with Crippen LogP contribution in [0.2, 0.25) is 0 Å². The minimum Gasteiger partial charge on any atom is -0.356 e. The van der Waals surface area contributed by atoms with Gasteiger partial charge in [-0.05, 0) is 42.7 Å². The molecule has 4 rings (SSSR count). The maximum atomic E-state index is 14.0. The van der Waals surface area contributed by atoms with E-state index in [0.717, 1.165) is 12.0 Å². The predicted octanol–water partition coefficient (Wildman–Crippen LogP) is 5.45. The third kappa shape index (κ3) is 6.41. The number of anilines is 1. The molecule has 0 bridgehead atoms. The summed E-state index contributed by atoms with van der Waals surface area (Å²) in [5.41, 5.74) is 3.52. The molecule has 1 aliphatic rings. The zero-order valence-corrected chi connectivity index (χ0v) is 21.2. The van der Waals surface area contributed by atoms with Crippen molar-refractivity contribution in [2.45, 2.75) is 23.9 Å². The van der Waals surface area contributed by atoms with Gasteiger partial charge in [-0.2, -0.15) is 17.5 Å². The number of carbonyl (C=O) groups is 1. The standard InChI is InChI=1S/C25H24F4N4O4S/c1-35-32-23(34)17-11-13-33(14-12-17)22-20(15-3-7-18(26)8-4-15)21(30-24(31-22)25(27,28)29)16-5-9-19(10-6-16)38-37-36-2/h3-10,17H,11-14H2,1-2H3,(H,32,34). The van der Waals surface area contributed by atoms with Crippen LogP contribution in [0.15, 0.2) is 53.4 Å². The molecule has 0 saturated carbocycles. The molecular weight excluding hydrogens is 528 g/mol. The van der Waals surface area contributed by atoms with Crippen LogP contribution in [0, 0.1) is 11.7 Å². The van der Waals surface area contributed by atoms with Crippen molar-refractivity contribution in [1.82, 2.24) is 15.4 Å². The smallest absolute Gasteiger partial charge is 0.356 e. The largest absolute Gasteiger partial charge is 0.451 e. The molecule has 1 fully saturated rings. The molecule has 1 N–H and O–H groups in total. The van der Waals surface area contributed by atoms with Crippen LogP contribution in [-0.2, 0) is 25.0 Å². The second-order valence-electron chi connectivity index (χ2n) is 8.37. The fourth-order valence-corrected chi connectivity index (χ4v) is 4.57. The van der Waals surface area contributed by atoms with E-state index in [1.165, 1.54) is 38.5 Å². The van der Waals surface area contributed by atoms with Crippen molar-refractivity contribution in [3.05, 3.63) is 60.2 Å². The van der Waals surface area contributed by atoms with Crippen molar-refractivity contribution >= 4 is 23.8 Å². The van der Waals surface area contributed by atoms with Gasteiger partial charge in [-0.3, -0.25) is 9.63 Å². The van der Waals surface area contributed by atoms with Gasteiger partial charge >= 0.3 is 6.18 Å². The summed E-state index contributed by atoms with van der Waals surface area (Å²) in [6.45, 7) is 0.543. The molecule has 2 heterocycles. The Kier molecular flexibility index (Phi) is 8.82. The monoisotopic (exact) mass is 552 g/mol. The van der Waals surface area contributed by atoms with Crippen molar-refractivity contribution in [1.29, 1.82) is 0 Å². The van der Waals surface area contributed by atoms with E-state index in [1.54, 1.807) is 29.2 Å². The number of benzene rings is 2. The summed E-state index contributed by atoms with van der Waals surface area (Å²) in [4.78, 5) is 31.7. The number of alkyl halides is 3. The number of hydrogen-bond donors (Lipinski definition) is 1. The van der Waals surface area contributed by atoms with Crippen LogP contribution < -0.4 is 10.4 Å². The van der Waals surface area contributed by atoms with Gasteiger partial charge in [-0.1, -0.05) is 24.3 Å². The lowest BCUT2D eigenvalue weighted by Crippen LogP contribution is -2.41. The Morgan fingerprint density at radius 3 is 2.21 bits per heavy atom. The average molecular weight is 553 g/mol. The highest BCUT2D eigenvalue weighted by molar-refractivity contribution is 7.94. The number of rotatable bonds is 8. The molecule has 0 radical (unpaired) electrons. The first-order chi connectivity index (χ1) is 18.2. The van der Waals surface area contributed by atoms with Gasteiger partial charge in [-0.25, -0.2) is 24.7 Å². The van der Waals surface area contributed by atoms with Crippen LogP contribution in [0.4, 0.5) is 23.4 Å². The molecule has 13 heteroatoms. The minimum atomic E-state index is -4.82. The van der Waals surface area contributed by atoms with Gasteiger partial charge < -0.3 is 4.90 Å². The van der Waals surface area contributed by atoms with E-state index in [4.69, 9.17) is 9.17 Å². The molecule has 1 aromatic heterocycles. The first-order valence-electron chi connectivity index (χ1n) is 11.5. The summed E-state index contributed by atoms with van der Waals surface area (Å²) in [5, 5.41) is 0. The number of amides is 1. The lowest BCUT2D eigenvalue weighted by atomic mass is 9.94. The predicted molar refractivity (Wildman–Crippen MR) is 132 cm³/mol. The number of nitrogens with zero attached hydrogens (tertiary/aromatic N) is 3. The summed E-state index contributed by atoms with van der Waals surface area (Å²) < 4.78 is 60.5. The number of piperidine rings is 1. The Morgan fingerprint density at radius 2 is 1.63 bits per heavy atom. The highest BCUT2D eigenvalue weighted by Crippen LogP contribution is 2.41. The second kappa shape index (κ2) is 12.1. The van der Waals surface area contributed by atoms with Gasteiger partial charge in [0.05, 0.1) is 37.5 Å². The molecule has 1 aliphatic heterocycles. The fourth-order valence-electron chi connectivity index (χ4n) is 4.17. The van der Waals surface area contributed by atoms with E-state index in [9.17, 15) is 22.4 Å². The Morgan fingerprint density at radius 1 is 1.00 bits per heavy atom. The van der Waals surface area contributed by atoms with Crippen LogP contribution in [0.25, 0.3) is 22.4 Å². The van der Waals surface area contributed by atoms with E-state index in [-0.39, 0.29) is 36.4 Å². The molecule has 202 valence electrons. The highest BCUT2D eigenvalue weighted by Gasteiger charge is 2.38. The van der Waals surface area contributed by atoms with Crippen LogP contribution in [0.1, 0.15) is 18.7 Å². The molecule has 0 unspecified atom stereocenters. The van der Waals surface area contributed by atoms with Crippen LogP contribution in [0.5, 0.6) is 0 Å². The summed E-state index contributed by atoms with van der Waals surface area (Å²) in [6.07, 6.45) is -4.06. The van der Waals surface area contributed by atoms with E-state index < -0.39 is 17.8 Å². The van der Waals surface area contributed by atoms with Gasteiger partial charge in [0, 0.05) is 29.5 Å². The molecular formula is C25H24F4N4O4S. The van der Waals surface area contributed by atoms with E-state index >= 15 is 0 Å².